The number of carbonyl (C=O) groups excluding carboxylic acids is 1. The molecule has 4 bridgehead atoms. The molecule has 6 aliphatic rings. The SMILES string of the molecule is [C-]#[N+]c1c2c(c3c4cc(C(C)(C)C)cc5c6cc7c(cc6n(c3c1CC(C)(C)C)c54)c1cc(C(C)(C)C)cc3c4cc5c(c(CC(C)(C)C)c4n7c13)C(=O)C1(C)CCC5(C)CC1)C1c3ccccc3C2c2ccccc21. The smallest absolute Gasteiger partial charge is 0.196 e. The Morgan fingerprint density at radius 1 is 0.513 bits per heavy atom. The number of carbonyl (C=O) groups is 1. The Hall–Kier alpha value is -6.70. The Labute approximate surface area is 448 Å². The van der Waals surface area contributed by atoms with E-state index in [1.54, 1.807) is 0 Å². The van der Waals surface area contributed by atoms with E-state index in [9.17, 15) is 6.57 Å². The molecule has 4 heterocycles. The zero-order valence-electron chi connectivity index (χ0n) is 47.3. The molecule has 380 valence electrons. The molecule has 0 aliphatic heterocycles. The first-order valence-corrected chi connectivity index (χ1v) is 28.5. The van der Waals surface area contributed by atoms with Gasteiger partial charge in [-0.05, 0) is 169 Å². The second-order valence-electron chi connectivity index (χ2n) is 29.6. The zero-order valence-corrected chi connectivity index (χ0v) is 47.3. The summed E-state index contributed by atoms with van der Waals surface area (Å²) in [4.78, 5) is 20.3. The van der Waals surface area contributed by atoms with Gasteiger partial charge >= 0.3 is 0 Å². The maximum Gasteiger partial charge on any atom is 0.196 e. The van der Waals surface area contributed by atoms with E-state index in [-0.39, 0.29) is 44.3 Å². The van der Waals surface area contributed by atoms with Crippen LogP contribution in [-0.2, 0) is 29.1 Å². The minimum absolute atomic E-state index is 0.0102. The van der Waals surface area contributed by atoms with Gasteiger partial charge in [0.05, 0.1) is 34.2 Å². The molecule has 6 aliphatic carbocycles. The van der Waals surface area contributed by atoms with Crippen molar-refractivity contribution in [2.45, 2.75) is 164 Å². The van der Waals surface area contributed by atoms with Crippen molar-refractivity contribution in [2.24, 2.45) is 16.2 Å². The molecule has 0 amide bonds. The number of ketones is 1. The zero-order chi connectivity index (χ0) is 53.0. The number of aromatic nitrogens is 2. The third-order valence-electron chi connectivity index (χ3n) is 19.8. The molecule has 4 nitrogen and oxygen atoms in total. The molecule has 0 spiro atoms. The van der Waals surface area contributed by atoms with E-state index in [1.165, 1.54) is 137 Å². The lowest BCUT2D eigenvalue weighted by molar-refractivity contribution is 0.0731. The van der Waals surface area contributed by atoms with Gasteiger partial charge in [-0.25, -0.2) is 4.85 Å². The summed E-state index contributed by atoms with van der Waals surface area (Å²) in [5, 5.41) is 10.3. The van der Waals surface area contributed by atoms with Crippen LogP contribution in [0.5, 0.6) is 0 Å². The number of Topliss-reactive ketones (excluding diaryl/α,β-unsaturated/α-hetero) is 1. The largest absolute Gasteiger partial charge is 0.309 e. The monoisotopic (exact) mass is 994 g/mol. The van der Waals surface area contributed by atoms with Gasteiger partial charge in [-0.15, -0.1) is 0 Å². The van der Waals surface area contributed by atoms with Crippen LogP contribution in [0.2, 0.25) is 0 Å². The molecular weight excluding hydrogens is 923 g/mol. The van der Waals surface area contributed by atoms with E-state index < -0.39 is 0 Å². The molecule has 0 atom stereocenters. The molecule has 0 radical (unpaired) electrons. The van der Waals surface area contributed by atoms with E-state index in [0.717, 1.165) is 49.8 Å². The summed E-state index contributed by atoms with van der Waals surface area (Å²) in [5.41, 5.74) is 22.8. The van der Waals surface area contributed by atoms with Crippen molar-refractivity contribution in [1.82, 2.24) is 8.80 Å². The lowest BCUT2D eigenvalue weighted by Gasteiger charge is -2.44. The first kappa shape index (κ1) is 46.6. The predicted molar refractivity (Wildman–Crippen MR) is 319 cm³/mol. The van der Waals surface area contributed by atoms with Crippen molar-refractivity contribution in [3.05, 3.63) is 169 Å². The molecule has 17 rings (SSSR count). The highest BCUT2D eigenvalue weighted by atomic mass is 16.1. The van der Waals surface area contributed by atoms with Crippen LogP contribution in [0.25, 0.3) is 81.0 Å². The minimum atomic E-state index is -0.352. The summed E-state index contributed by atoms with van der Waals surface area (Å²) in [6.07, 6.45) is 5.58. The second kappa shape index (κ2) is 14.3. The number of nitrogens with zero attached hydrogens (tertiary/aromatic N) is 3. The summed E-state index contributed by atoms with van der Waals surface area (Å²) < 4.78 is 5.28. The predicted octanol–water partition coefficient (Wildman–Crippen LogP) is 19.3. The Balaban J connectivity index is 1.17. The molecular formula is C72H71N3O. The van der Waals surface area contributed by atoms with Crippen LogP contribution in [-0.4, -0.2) is 14.6 Å². The van der Waals surface area contributed by atoms with Gasteiger partial charge in [0.15, 0.2) is 11.5 Å². The lowest BCUT2D eigenvalue weighted by Crippen LogP contribution is -2.33. The molecule has 0 unspecified atom stereocenters. The van der Waals surface area contributed by atoms with Crippen LogP contribution in [0.4, 0.5) is 5.69 Å². The average Bonchev–Trinajstić information content (AvgIpc) is 3.30. The third-order valence-corrected chi connectivity index (χ3v) is 19.8. The van der Waals surface area contributed by atoms with Gasteiger partial charge in [0.1, 0.15) is 0 Å². The van der Waals surface area contributed by atoms with Gasteiger partial charge in [0.2, 0.25) is 0 Å². The van der Waals surface area contributed by atoms with Crippen molar-refractivity contribution < 1.29 is 4.79 Å². The fourth-order valence-electron chi connectivity index (χ4n) is 16.1. The molecule has 1 fully saturated rings. The number of hydrogen-bond donors (Lipinski definition) is 0. The Kier molecular flexibility index (Phi) is 8.74. The summed E-state index contributed by atoms with van der Waals surface area (Å²) in [6, 6.07) is 35.9. The number of rotatable bonds is 2. The van der Waals surface area contributed by atoms with E-state index in [2.05, 4.69) is 197 Å². The van der Waals surface area contributed by atoms with E-state index in [0.29, 0.717) is 5.78 Å². The second-order valence-corrected chi connectivity index (χ2v) is 29.6. The van der Waals surface area contributed by atoms with Crippen molar-refractivity contribution in [3.63, 3.8) is 0 Å². The Bertz CT molecular complexity index is 4450. The van der Waals surface area contributed by atoms with Gasteiger partial charge in [-0.3, -0.25) is 4.79 Å². The van der Waals surface area contributed by atoms with E-state index >= 15 is 4.79 Å². The number of fused-ring (bicyclic) bond motifs is 14. The average molecular weight is 994 g/mol. The van der Waals surface area contributed by atoms with Crippen molar-refractivity contribution in [2.75, 3.05) is 0 Å². The van der Waals surface area contributed by atoms with Crippen LogP contribution in [0.1, 0.15) is 206 Å². The van der Waals surface area contributed by atoms with Gasteiger partial charge in [-0.2, -0.15) is 0 Å². The van der Waals surface area contributed by atoms with E-state index in [1.807, 2.05) is 0 Å². The molecule has 0 N–H and O–H groups in total. The quantitative estimate of drug-likeness (QED) is 0.159. The maximum atomic E-state index is 15.5. The Morgan fingerprint density at radius 3 is 1.42 bits per heavy atom. The van der Waals surface area contributed by atoms with Crippen molar-refractivity contribution >= 4 is 87.7 Å². The topological polar surface area (TPSA) is 30.2 Å². The summed E-state index contributed by atoms with van der Waals surface area (Å²) in [5.74, 6) is 0.361. The molecule has 4 aromatic heterocycles. The number of hydrogen-bond acceptors (Lipinski definition) is 1. The van der Waals surface area contributed by atoms with Gasteiger partial charge in [-0.1, -0.05) is 145 Å². The first-order chi connectivity index (χ1) is 35.8. The lowest BCUT2D eigenvalue weighted by atomic mass is 9.59. The maximum absolute atomic E-state index is 15.5. The first-order valence-electron chi connectivity index (χ1n) is 28.5. The van der Waals surface area contributed by atoms with Crippen LogP contribution in [0.3, 0.4) is 0 Å². The molecule has 1 saturated carbocycles. The van der Waals surface area contributed by atoms with Crippen LogP contribution < -0.4 is 0 Å². The third kappa shape index (κ3) is 5.83. The fourth-order valence-corrected chi connectivity index (χ4v) is 16.1. The highest BCUT2D eigenvalue weighted by Crippen LogP contribution is 2.63. The van der Waals surface area contributed by atoms with Crippen molar-refractivity contribution in [1.29, 1.82) is 0 Å². The fraction of sp³-hybridized carbons (Fsp3) is 0.389. The summed E-state index contributed by atoms with van der Waals surface area (Å²) in [6.45, 7) is 42.3. The van der Waals surface area contributed by atoms with Gasteiger partial charge in [0, 0.05) is 71.4 Å². The summed E-state index contributed by atoms with van der Waals surface area (Å²) in [7, 11) is 0. The van der Waals surface area contributed by atoms with Crippen molar-refractivity contribution in [3.8, 4) is 0 Å². The van der Waals surface area contributed by atoms with Crippen LogP contribution in [0.15, 0.2) is 91.0 Å². The molecule has 4 heteroatoms. The molecule has 11 aromatic rings. The highest BCUT2D eigenvalue weighted by Gasteiger charge is 2.51. The summed E-state index contributed by atoms with van der Waals surface area (Å²) >= 11 is 0. The van der Waals surface area contributed by atoms with Gasteiger partial charge in [0.25, 0.3) is 0 Å². The van der Waals surface area contributed by atoms with Gasteiger partial charge < -0.3 is 8.80 Å². The Morgan fingerprint density at radius 2 is 0.934 bits per heavy atom. The minimum Gasteiger partial charge on any atom is -0.309 e. The normalized spacial score (nSPS) is 21.6. The standard InChI is InChI=1S/C72H71N3O/c1-67(2,3)35-50-57-52(71(13)24-26-72(14,27-25-71)66(57)76)32-48-47-30-37(69(7,8)9)28-45-43-34-54-44(33-53(43)74(62(45)47)64(48)50)46-29-38(70(10,11)12)31-49-58-59-55-39-20-16-18-22-41(39)56(42-23-19-17-21-40(42)55)60(59)61(73-15)51(36-68(4,5)6)65(58)75(54)63(46)49/h16-23,28-34,55-56H,24-27,35-36H2,1-14H3. The van der Waals surface area contributed by atoms with Crippen LogP contribution in [0, 0.1) is 22.8 Å². The highest BCUT2D eigenvalue weighted by molar-refractivity contribution is 6.31. The van der Waals surface area contributed by atoms with E-state index in [4.69, 9.17) is 4.85 Å². The molecule has 7 aromatic carbocycles. The molecule has 76 heavy (non-hydrogen) atoms. The van der Waals surface area contributed by atoms with Crippen LogP contribution >= 0.6 is 0 Å². The number of benzene rings is 7. The molecule has 0 saturated heterocycles.